The van der Waals surface area contributed by atoms with Crippen LogP contribution in [0.5, 0.6) is 0 Å². The highest BCUT2D eigenvalue weighted by molar-refractivity contribution is 7.89. The van der Waals surface area contributed by atoms with E-state index in [0.29, 0.717) is 30.0 Å². The molecule has 10 heteroatoms. The average Bonchev–Trinajstić information content (AvgIpc) is 3.22. The molecule has 2 saturated carbocycles. The lowest BCUT2D eigenvalue weighted by molar-refractivity contribution is -0.145. The number of carbonyl (C=O) groups is 2. The fraction of sp³-hybridized carbons (Fsp3) is 0.600. The normalized spacial score (nSPS) is 20.6. The zero-order chi connectivity index (χ0) is 29.5. The van der Waals surface area contributed by atoms with Gasteiger partial charge in [0.05, 0.1) is 16.4 Å². The summed E-state index contributed by atoms with van der Waals surface area (Å²) in [4.78, 5) is 27.6. The molecular formula is C30H43N3O6S. The molecule has 0 bridgehead atoms. The Hall–Kier alpha value is -2.69. The minimum absolute atomic E-state index is 0.00926. The van der Waals surface area contributed by atoms with Gasteiger partial charge < -0.3 is 20.5 Å². The van der Waals surface area contributed by atoms with Crippen molar-refractivity contribution in [1.82, 2.24) is 15.0 Å². The topological polar surface area (TPSA) is 149 Å². The maximum absolute atomic E-state index is 13.3. The summed E-state index contributed by atoms with van der Waals surface area (Å²) in [6.07, 6.45) is 7.45. The molecule has 2 aliphatic carbocycles. The number of aliphatic carboxylic acids is 1. The Bertz CT molecular complexity index is 1350. The summed E-state index contributed by atoms with van der Waals surface area (Å²) in [5.74, 6) is -1.06. The Balaban J connectivity index is 1.71. The number of carboxylic acid groups (broad SMARTS) is 1. The number of hydrogen-bond acceptors (Lipinski definition) is 5. The second kappa shape index (κ2) is 11.3. The van der Waals surface area contributed by atoms with Gasteiger partial charge in [0.1, 0.15) is 5.69 Å². The highest BCUT2D eigenvalue weighted by Crippen LogP contribution is 2.36. The van der Waals surface area contributed by atoms with Crippen LogP contribution < -0.4 is 10.0 Å². The fourth-order valence-corrected chi connectivity index (χ4v) is 7.56. The Kier molecular flexibility index (Phi) is 8.55. The first kappa shape index (κ1) is 30.3. The third-order valence-corrected chi connectivity index (χ3v) is 9.67. The van der Waals surface area contributed by atoms with Gasteiger partial charge in [-0.15, -0.1) is 0 Å². The third-order valence-electron chi connectivity index (χ3n) is 7.86. The van der Waals surface area contributed by atoms with Gasteiger partial charge in [0.2, 0.25) is 10.0 Å². The zero-order valence-corrected chi connectivity index (χ0v) is 25.0. The summed E-state index contributed by atoms with van der Waals surface area (Å²) < 4.78 is 29.2. The summed E-state index contributed by atoms with van der Waals surface area (Å²) in [7, 11) is -3.92. The molecule has 1 heterocycles. The van der Waals surface area contributed by atoms with Gasteiger partial charge in [-0.2, -0.15) is 0 Å². The number of aromatic amines is 1. The molecule has 9 nitrogen and oxygen atoms in total. The largest absolute Gasteiger partial charge is 0.481 e. The van der Waals surface area contributed by atoms with Gasteiger partial charge in [0, 0.05) is 22.8 Å². The lowest BCUT2D eigenvalue weighted by Crippen LogP contribution is -2.46. The van der Waals surface area contributed by atoms with Crippen LogP contribution in [-0.2, 0) is 26.8 Å². The number of amides is 1. The van der Waals surface area contributed by atoms with E-state index in [1.165, 1.54) is 25.3 Å². The van der Waals surface area contributed by atoms with Gasteiger partial charge in [-0.05, 0) is 89.1 Å². The SMILES string of the molecule is CC(C)(C)NS(=O)(=O)c1ccc(-c2[nH]c(C(=O)N[C@H]3C[C@H](C(=O)O)C3)cc2CC2CCCCC2)cc1C(C)(C)O. The van der Waals surface area contributed by atoms with Crippen molar-refractivity contribution in [2.75, 3.05) is 0 Å². The molecule has 4 rings (SSSR count). The molecule has 1 amide bonds. The van der Waals surface area contributed by atoms with E-state index in [1.54, 1.807) is 46.8 Å². The van der Waals surface area contributed by atoms with E-state index in [4.69, 9.17) is 5.11 Å². The third kappa shape index (κ3) is 7.14. The van der Waals surface area contributed by atoms with Crippen molar-refractivity contribution >= 4 is 21.9 Å². The monoisotopic (exact) mass is 573 g/mol. The van der Waals surface area contributed by atoms with Crippen LogP contribution in [0.2, 0.25) is 0 Å². The second-order valence-corrected chi connectivity index (χ2v) is 14.7. The predicted molar refractivity (Wildman–Crippen MR) is 153 cm³/mol. The Morgan fingerprint density at radius 2 is 1.68 bits per heavy atom. The van der Waals surface area contributed by atoms with Gasteiger partial charge in [-0.1, -0.05) is 38.2 Å². The fourth-order valence-electron chi connectivity index (χ4n) is 5.80. The summed E-state index contributed by atoms with van der Waals surface area (Å²) in [5.41, 5.74) is 0.889. The molecule has 2 aromatic rings. The first-order valence-electron chi connectivity index (χ1n) is 14.2. The number of carboxylic acids is 1. The van der Waals surface area contributed by atoms with E-state index < -0.39 is 33.1 Å². The van der Waals surface area contributed by atoms with E-state index >= 15 is 0 Å². The van der Waals surface area contributed by atoms with Crippen molar-refractivity contribution in [3.8, 4) is 11.3 Å². The van der Waals surface area contributed by atoms with Crippen LogP contribution >= 0.6 is 0 Å². The van der Waals surface area contributed by atoms with Crippen molar-refractivity contribution in [2.24, 2.45) is 11.8 Å². The molecular weight excluding hydrogens is 530 g/mol. The number of nitrogens with one attached hydrogen (secondary N) is 3. The molecule has 220 valence electrons. The predicted octanol–water partition coefficient (Wildman–Crippen LogP) is 4.70. The number of benzene rings is 1. The standard InChI is InChI=1S/C30H43N3O6S/c1-29(2,3)33-40(38,39)25-12-11-19(16-23(25)30(4,5)37)26-20(13-18-9-7-6-8-10-18)17-24(32-26)27(34)31-22-14-21(15-22)28(35)36/h11-12,16-18,21-22,32-33,37H,6-10,13-15H2,1-5H3,(H,31,34)(H,35,36)/t21-,22-. The van der Waals surface area contributed by atoms with Crippen LogP contribution in [0.3, 0.4) is 0 Å². The second-order valence-electron chi connectivity index (χ2n) is 13.1. The highest BCUT2D eigenvalue weighted by atomic mass is 32.2. The summed E-state index contributed by atoms with van der Waals surface area (Å²) in [6.45, 7) is 8.40. The van der Waals surface area contributed by atoms with Crippen molar-refractivity contribution in [3.63, 3.8) is 0 Å². The van der Waals surface area contributed by atoms with Crippen LogP contribution in [0.4, 0.5) is 0 Å². The van der Waals surface area contributed by atoms with Crippen molar-refractivity contribution in [2.45, 2.75) is 108 Å². The Morgan fingerprint density at radius 3 is 2.25 bits per heavy atom. The highest BCUT2D eigenvalue weighted by Gasteiger charge is 2.36. The first-order chi connectivity index (χ1) is 18.5. The molecule has 1 aromatic heterocycles. The molecule has 0 unspecified atom stereocenters. The van der Waals surface area contributed by atoms with E-state index in [2.05, 4.69) is 15.0 Å². The van der Waals surface area contributed by atoms with Gasteiger partial charge >= 0.3 is 5.97 Å². The number of rotatable bonds is 9. The number of sulfonamides is 1. The van der Waals surface area contributed by atoms with Gasteiger partial charge in [0.25, 0.3) is 5.91 Å². The molecule has 0 spiro atoms. The maximum Gasteiger partial charge on any atom is 0.306 e. The summed E-state index contributed by atoms with van der Waals surface area (Å²) in [5, 5.41) is 23.1. The molecule has 0 atom stereocenters. The van der Waals surface area contributed by atoms with E-state index in [-0.39, 0.29) is 22.4 Å². The molecule has 40 heavy (non-hydrogen) atoms. The number of aromatic nitrogens is 1. The lowest BCUT2D eigenvalue weighted by Gasteiger charge is -2.32. The number of H-pyrrole nitrogens is 1. The van der Waals surface area contributed by atoms with Gasteiger partial charge in [0.15, 0.2) is 0 Å². The Labute approximate surface area is 237 Å². The minimum Gasteiger partial charge on any atom is -0.481 e. The maximum atomic E-state index is 13.3. The van der Waals surface area contributed by atoms with Crippen LogP contribution in [-0.4, -0.2) is 47.1 Å². The first-order valence-corrected chi connectivity index (χ1v) is 15.7. The molecule has 1 aromatic carbocycles. The van der Waals surface area contributed by atoms with Crippen LogP contribution in [0.15, 0.2) is 29.2 Å². The summed E-state index contributed by atoms with van der Waals surface area (Å²) >= 11 is 0. The van der Waals surface area contributed by atoms with Crippen molar-refractivity contribution in [1.29, 1.82) is 0 Å². The zero-order valence-electron chi connectivity index (χ0n) is 24.1. The van der Waals surface area contributed by atoms with Crippen LogP contribution in [0.25, 0.3) is 11.3 Å². The minimum atomic E-state index is -3.92. The van der Waals surface area contributed by atoms with Crippen LogP contribution in [0, 0.1) is 11.8 Å². The van der Waals surface area contributed by atoms with E-state index in [0.717, 1.165) is 30.5 Å². The lowest BCUT2D eigenvalue weighted by atomic mass is 9.80. The van der Waals surface area contributed by atoms with Crippen molar-refractivity contribution in [3.05, 3.63) is 41.1 Å². The van der Waals surface area contributed by atoms with E-state index in [1.807, 2.05) is 6.07 Å². The number of aliphatic hydroxyl groups is 1. The molecule has 2 fully saturated rings. The molecule has 5 N–H and O–H groups in total. The molecule has 0 aliphatic heterocycles. The van der Waals surface area contributed by atoms with Gasteiger partial charge in [-0.3, -0.25) is 9.59 Å². The number of hydrogen-bond donors (Lipinski definition) is 5. The summed E-state index contributed by atoms with van der Waals surface area (Å²) in [6, 6.07) is 6.61. The van der Waals surface area contributed by atoms with Gasteiger partial charge in [-0.25, -0.2) is 13.1 Å². The Morgan fingerprint density at radius 1 is 1.02 bits per heavy atom. The number of carbonyl (C=O) groups excluding carboxylic acids is 1. The smallest absolute Gasteiger partial charge is 0.306 e. The molecule has 0 saturated heterocycles. The molecule has 0 radical (unpaired) electrons. The quantitative estimate of drug-likeness (QED) is 0.294. The van der Waals surface area contributed by atoms with E-state index in [9.17, 15) is 23.1 Å². The average molecular weight is 574 g/mol. The van der Waals surface area contributed by atoms with Crippen LogP contribution in [0.1, 0.15) is 101 Å². The van der Waals surface area contributed by atoms with Crippen molar-refractivity contribution < 1.29 is 28.2 Å². The molecule has 2 aliphatic rings.